The fraction of sp³-hybridized carbons (Fsp3) is 0.333. The summed E-state index contributed by atoms with van der Waals surface area (Å²) in [5.41, 5.74) is 0.417. The van der Waals surface area contributed by atoms with Crippen LogP contribution in [0.3, 0.4) is 0 Å². The molecular weight excluding hydrogens is 337 g/mol. The molecular formula is C12H12F3N4O3S+. The van der Waals surface area contributed by atoms with Gasteiger partial charge in [-0.3, -0.25) is 4.18 Å². The van der Waals surface area contributed by atoms with Gasteiger partial charge < -0.3 is 0 Å². The fourth-order valence-corrected chi connectivity index (χ4v) is 2.19. The molecule has 23 heavy (non-hydrogen) atoms. The van der Waals surface area contributed by atoms with Crippen LogP contribution in [-0.4, -0.2) is 36.3 Å². The highest BCUT2D eigenvalue weighted by molar-refractivity contribution is 7.86. The SMILES string of the molecule is COS(=O)(=O)CC[n+]1ccc(-c2ccnc(C(F)(F)F)n2)cn1. The number of nitrogens with zero attached hydrogens (tertiary/aromatic N) is 4. The van der Waals surface area contributed by atoms with E-state index in [0.717, 1.165) is 13.3 Å². The molecule has 2 heterocycles. The molecule has 0 aliphatic carbocycles. The molecule has 2 rings (SSSR count). The maximum atomic E-state index is 12.6. The third-order valence-electron chi connectivity index (χ3n) is 2.80. The lowest BCUT2D eigenvalue weighted by atomic mass is 10.2. The molecule has 0 atom stereocenters. The summed E-state index contributed by atoms with van der Waals surface area (Å²) < 4.78 is 65.8. The summed E-state index contributed by atoms with van der Waals surface area (Å²) >= 11 is 0. The minimum Gasteiger partial charge on any atom is -0.273 e. The number of rotatable bonds is 5. The van der Waals surface area contributed by atoms with E-state index in [2.05, 4.69) is 19.2 Å². The average molecular weight is 349 g/mol. The highest BCUT2D eigenvalue weighted by Gasteiger charge is 2.34. The van der Waals surface area contributed by atoms with Crippen molar-refractivity contribution in [1.29, 1.82) is 0 Å². The molecule has 2 aromatic heterocycles. The van der Waals surface area contributed by atoms with Crippen molar-refractivity contribution < 1.29 is 30.5 Å². The van der Waals surface area contributed by atoms with Gasteiger partial charge in [0.1, 0.15) is 11.9 Å². The lowest BCUT2D eigenvalue weighted by Crippen LogP contribution is -2.40. The van der Waals surface area contributed by atoms with Crippen LogP contribution < -0.4 is 4.68 Å². The second-order valence-corrected chi connectivity index (χ2v) is 6.23. The highest BCUT2D eigenvalue weighted by Crippen LogP contribution is 2.27. The molecule has 0 bridgehead atoms. The Bertz CT molecular complexity index is 779. The van der Waals surface area contributed by atoms with E-state index in [9.17, 15) is 21.6 Å². The third-order valence-corrected chi connectivity index (χ3v) is 3.99. The predicted octanol–water partition coefficient (Wildman–Crippen LogP) is 0.821. The summed E-state index contributed by atoms with van der Waals surface area (Å²) in [7, 11) is -2.55. The van der Waals surface area contributed by atoms with Gasteiger partial charge in [-0.2, -0.15) is 21.6 Å². The van der Waals surface area contributed by atoms with Crippen LogP contribution in [0.25, 0.3) is 11.3 Å². The predicted molar refractivity (Wildman–Crippen MR) is 71.3 cm³/mol. The Labute approximate surface area is 129 Å². The largest absolute Gasteiger partial charge is 0.451 e. The van der Waals surface area contributed by atoms with E-state index in [-0.39, 0.29) is 18.0 Å². The van der Waals surface area contributed by atoms with Gasteiger partial charge in [0.15, 0.2) is 12.7 Å². The molecule has 124 valence electrons. The highest BCUT2D eigenvalue weighted by atomic mass is 32.2. The summed E-state index contributed by atoms with van der Waals surface area (Å²) in [6.45, 7) is 0.0496. The van der Waals surface area contributed by atoms with Crippen molar-refractivity contribution >= 4 is 10.1 Å². The van der Waals surface area contributed by atoms with Crippen molar-refractivity contribution in [3.8, 4) is 11.3 Å². The Morgan fingerprint density at radius 3 is 2.61 bits per heavy atom. The third kappa shape index (κ3) is 4.66. The zero-order chi connectivity index (χ0) is 17.1. The molecule has 0 unspecified atom stereocenters. The smallest absolute Gasteiger partial charge is 0.273 e. The standard InChI is InChI=1S/C12H12F3N4O3S/c1-22-23(20,21)7-6-19-5-3-9(8-17-19)10-2-4-16-11(18-10)12(13,14)15/h2-5,8H,6-7H2,1H3/q+1. The van der Waals surface area contributed by atoms with Crippen LogP contribution in [-0.2, 0) is 27.0 Å². The first-order chi connectivity index (χ1) is 10.7. The Hall–Kier alpha value is -2.14. The van der Waals surface area contributed by atoms with E-state index in [0.29, 0.717) is 5.56 Å². The molecule has 11 heteroatoms. The molecule has 0 aromatic carbocycles. The van der Waals surface area contributed by atoms with Crippen LogP contribution in [0.4, 0.5) is 13.2 Å². The maximum absolute atomic E-state index is 12.6. The van der Waals surface area contributed by atoms with Gasteiger partial charge in [0.2, 0.25) is 5.82 Å². The van der Waals surface area contributed by atoms with Gasteiger partial charge in [-0.25, -0.2) is 9.97 Å². The van der Waals surface area contributed by atoms with Gasteiger partial charge >= 0.3 is 6.18 Å². The van der Waals surface area contributed by atoms with Crippen LogP contribution in [0.1, 0.15) is 5.82 Å². The van der Waals surface area contributed by atoms with Gasteiger partial charge in [0.05, 0.1) is 12.8 Å². The van der Waals surface area contributed by atoms with Gasteiger partial charge in [-0.05, 0) is 11.2 Å². The topological polar surface area (TPSA) is 85.9 Å². The second kappa shape index (κ2) is 6.54. The number of aryl methyl sites for hydroxylation is 1. The average Bonchev–Trinajstić information content (AvgIpc) is 2.53. The number of hydrogen-bond acceptors (Lipinski definition) is 6. The summed E-state index contributed by atoms with van der Waals surface area (Å²) in [6.07, 6.45) is -0.887. The van der Waals surface area contributed by atoms with Gasteiger partial charge in [0, 0.05) is 17.8 Å². The quantitative estimate of drug-likeness (QED) is 0.587. The number of halogens is 3. The molecule has 0 N–H and O–H groups in total. The van der Waals surface area contributed by atoms with Crippen molar-refractivity contribution in [2.24, 2.45) is 0 Å². The van der Waals surface area contributed by atoms with E-state index >= 15 is 0 Å². The van der Waals surface area contributed by atoms with Crippen LogP contribution in [0.15, 0.2) is 30.7 Å². The number of hydrogen-bond donors (Lipinski definition) is 0. The molecule has 0 fully saturated rings. The zero-order valence-corrected chi connectivity index (χ0v) is 12.7. The minimum absolute atomic E-state index is 0.0496. The first kappa shape index (κ1) is 17.2. The lowest BCUT2D eigenvalue weighted by molar-refractivity contribution is -0.750. The Balaban J connectivity index is 2.17. The normalized spacial score (nSPS) is 12.3. The van der Waals surface area contributed by atoms with Crippen molar-refractivity contribution in [3.05, 3.63) is 36.5 Å². The summed E-state index contributed by atoms with van der Waals surface area (Å²) in [6, 6.07) is 2.81. The number of alkyl halides is 3. The molecule has 0 amide bonds. The second-order valence-electron chi connectivity index (χ2n) is 4.37. The Morgan fingerprint density at radius 2 is 2.04 bits per heavy atom. The lowest BCUT2D eigenvalue weighted by Gasteiger charge is -2.05. The first-order valence-corrected chi connectivity index (χ1v) is 7.84. The molecule has 0 aliphatic heterocycles. The van der Waals surface area contributed by atoms with E-state index in [1.165, 1.54) is 29.2 Å². The number of aromatic nitrogens is 4. The molecule has 0 spiro atoms. The van der Waals surface area contributed by atoms with E-state index in [4.69, 9.17) is 0 Å². The van der Waals surface area contributed by atoms with Crippen LogP contribution in [0, 0.1) is 0 Å². The summed E-state index contributed by atoms with van der Waals surface area (Å²) in [5, 5.41) is 3.94. The Morgan fingerprint density at radius 1 is 1.30 bits per heavy atom. The molecule has 0 saturated carbocycles. The summed E-state index contributed by atoms with van der Waals surface area (Å²) in [4.78, 5) is 6.62. The maximum Gasteiger partial charge on any atom is 0.451 e. The molecule has 0 saturated heterocycles. The van der Waals surface area contributed by atoms with E-state index in [1.54, 1.807) is 0 Å². The van der Waals surface area contributed by atoms with Crippen LogP contribution in [0.2, 0.25) is 0 Å². The van der Waals surface area contributed by atoms with Crippen LogP contribution >= 0.6 is 0 Å². The van der Waals surface area contributed by atoms with Gasteiger partial charge in [-0.15, -0.1) is 0 Å². The monoisotopic (exact) mass is 349 g/mol. The molecule has 0 radical (unpaired) electrons. The molecule has 7 nitrogen and oxygen atoms in total. The zero-order valence-electron chi connectivity index (χ0n) is 11.9. The van der Waals surface area contributed by atoms with E-state index in [1.807, 2.05) is 0 Å². The minimum atomic E-state index is -4.63. The van der Waals surface area contributed by atoms with Crippen molar-refractivity contribution in [2.45, 2.75) is 12.7 Å². The van der Waals surface area contributed by atoms with Crippen molar-refractivity contribution in [1.82, 2.24) is 15.1 Å². The van der Waals surface area contributed by atoms with Gasteiger partial charge in [0.25, 0.3) is 10.1 Å². The summed E-state index contributed by atoms with van der Waals surface area (Å²) in [5.74, 6) is -1.51. The van der Waals surface area contributed by atoms with E-state index < -0.39 is 22.1 Å². The fourth-order valence-electron chi connectivity index (χ4n) is 1.61. The van der Waals surface area contributed by atoms with Crippen molar-refractivity contribution in [3.63, 3.8) is 0 Å². The van der Waals surface area contributed by atoms with Crippen LogP contribution in [0.5, 0.6) is 0 Å². The van der Waals surface area contributed by atoms with Gasteiger partial charge in [-0.1, -0.05) is 4.68 Å². The molecule has 0 aliphatic rings. The first-order valence-electron chi connectivity index (χ1n) is 6.26. The van der Waals surface area contributed by atoms with Crippen molar-refractivity contribution in [2.75, 3.05) is 12.9 Å². The molecule has 2 aromatic rings. The Kier molecular flexibility index (Phi) is 4.90.